The monoisotopic (exact) mass is 354 g/mol. The molecule has 134 valence electrons. The second kappa shape index (κ2) is 6.40. The Labute approximate surface area is 150 Å². The summed E-state index contributed by atoms with van der Waals surface area (Å²) >= 11 is 0. The quantitative estimate of drug-likeness (QED) is 0.889. The van der Waals surface area contributed by atoms with Crippen molar-refractivity contribution in [3.8, 4) is 0 Å². The normalized spacial score (nSPS) is 23.7. The van der Waals surface area contributed by atoms with Crippen molar-refractivity contribution in [2.24, 2.45) is 11.3 Å². The summed E-state index contributed by atoms with van der Waals surface area (Å²) in [5, 5.41) is 5.60. The van der Waals surface area contributed by atoms with Gasteiger partial charge in [0.15, 0.2) is 0 Å². The summed E-state index contributed by atoms with van der Waals surface area (Å²) in [5.74, 6) is -0.505. The molecule has 1 saturated heterocycles. The Morgan fingerprint density at radius 3 is 2.81 bits per heavy atom. The molecule has 0 unspecified atom stereocenters. The minimum absolute atomic E-state index is 0.0228. The van der Waals surface area contributed by atoms with E-state index < -0.39 is 5.82 Å². The molecule has 6 nitrogen and oxygen atoms in total. The van der Waals surface area contributed by atoms with Crippen LogP contribution in [0, 0.1) is 17.2 Å². The SMILES string of the molecule is O=C(Nc1cccnc1)[C@@H]1C[C@]12CCN(C(=O)Nc1cccc(F)c1)C2. The van der Waals surface area contributed by atoms with E-state index in [1.165, 1.54) is 12.1 Å². The van der Waals surface area contributed by atoms with Gasteiger partial charge < -0.3 is 15.5 Å². The Bertz CT molecular complexity index is 844. The smallest absolute Gasteiger partial charge is 0.321 e. The van der Waals surface area contributed by atoms with E-state index in [4.69, 9.17) is 0 Å². The summed E-state index contributed by atoms with van der Waals surface area (Å²) in [4.78, 5) is 30.5. The van der Waals surface area contributed by atoms with Gasteiger partial charge in [-0.15, -0.1) is 0 Å². The molecular weight excluding hydrogens is 335 g/mol. The first kappa shape index (κ1) is 16.5. The molecule has 4 rings (SSSR count). The predicted molar refractivity (Wildman–Crippen MR) is 95.0 cm³/mol. The van der Waals surface area contributed by atoms with Crippen molar-refractivity contribution in [2.45, 2.75) is 12.8 Å². The van der Waals surface area contributed by atoms with Crippen molar-refractivity contribution in [1.82, 2.24) is 9.88 Å². The lowest BCUT2D eigenvalue weighted by Gasteiger charge is -2.17. The van der Waals surface area contributed by atoms with E-state index >= 15 is 0 Å². The molecule has 1 saturated carbocycles. The first-order valence-corrected chi connectivity index (χ1v) is 8.58. The second-order valence-electron chi connectivity index (χ2n) is 6.96. The zero-order valence-corrected chi connectivity index (χ0v) is 14.1. The molecule has 3 amide bonds. The zero-order chi connectivity index (χ0) is 18.1. The second-order valence-corrected chi connectivity index (χ2v) is 6.96. The zero-order valence-electron chi connectivity index (χ0n) is 14.1. The van der Waals surface area contributed by atoms with E-state index in [1.807, 2.05) is 0 Å². The van der Waals surface area contributed by atoms with Crippen molar-refractivity contribution in [2.75, 3.05) is 23.7 Å². The third-order valence-corrected chi connectivity index (χ3v) is 5.18. The molecule has 2 aliphatic rings. The minimum Gasteiger partial charge on any atom is -0.324 e. The molecule has 2 heterocycles. The number of pyridine rings is 1. The van der Waals surface area contributed by atoms with E-state index in [1.54, 1.807) is 41.6 Å². The fourth-order valence-corrected chi connectivity index (χ4v) is 3.67. The van der Waals surface area contributed by atoms with Gasteiger partial charge in [-0.2, -0.15) is 0 Å². The molecule has 0 bridgehead atoms. The van der Waals surface area contributed by atoms with Gasteiger partial charge in [0.05, 0.1) is 11.9 Å². The van der Waals surface area contributed by atoms with Crippen LogP contribution in [0.2, 0.25) is 0 Å². The van der Waals surface area contributed by atoms with Crippen molar-refractivity contribution >= 4 is 23.3 Å². The highest BCUT2D eigenvalue weighted by atomic mass is 19.1. The number of aromatic nitrogens is 1. The van der Waals surface area contributed by atoms with Crippen LogP contribution in [-0.4, -0.2) is 34.9 Å². The average molecular weight is 354 g/mol. The molecule has 1 aliphatic heterocycles. The summed E-state index contributed by atoms with van der Waals surface area (Å²) in [6.45, 7) is 1.14. The highest BCUT2D eigenvalue weighted by molar-refractivity contribution is 5.95. The van der Waals surface area contributed by atoms with Crippen molar-refractivity contribution < 1.29 is 14.0 Å². The van der Waals surface area contributed by atoms with Gasteiger partial charge in [0.25, 0.3) is 0 Å². The first-order chi connectivity index (χ1) is 12.6. The Hall–Kier alpha value is -2.96. The molecule has 1 aliphatic carbocycles. The molecular formula is C19H19FN4O2. The summed E-state index contributed by atoms with van der Waals surface area (Å²) in [5.41, 5.74) is 0.974. The van der Waals surface area contributed by atoms with E-state index in [0.29, 0.717) is 24.5 Å². The molecule has 1 aromatic heterocycles. The van der Waals surface area contributed by atoms with Gasteiger partial charge in [0.1, 0.15) is 5.82 Å². The number of benzene rings is 1. The lowest BCUT2D eigenvalue weighted by molar-refractivity contribution is -0.118. The van der Waals surface area contributed by atoms with Gasteiger partial charge in [0, 0.05) is 36.3 Å². The number of urea groups is 1. The first-order valence-electron chi connectivity index (χ1n) is 8.58. The maximum Gasteiger partial charge on any atom is 0.321 e. The number of nitrogens with one attached hydrogen (secondary N) is 2. The maximum absolute atomic E-state index is 13.2. The van der Waals surface area contributed by atoms with Crippen LogP contribution >= 0.6 is 0 Å². The molecule has 26 heavy (non-hydrogen) atoms. The van der Waals surface area contributed by atoms with Crippen LogP contribution in [0.1, 0.15) is 12.8 Å². The fourth-order valence-electron chi connectivity index (χ4n) is 3.67. The molecule has 1 spiro atoms. The number of amides is 3. The number of anilines is 2. The molecule has 2 fully saturated rings. The summed E-state index contributed by atoms with van der Waals surface area (Å²) in [6.07, 6.45) is 4.85. The lowest BCUT2D eigenvalue weighted by atomic mass is 10.0. The number of hydrogen-bond acceptors (Lipinski definition) is 3. The summed E-state index contributed by atoms with van der Waals surface area (Å²) in [6, 6.07) is 9.12. The maximum atomic E-state index is 13.2. The molecule has 2 N–H and O–H groups in total. The number of rotatable bonds is 3. The third-order valence-electron chi connectivity index (χ3n) is 5.18. The van der Waals surface area contributed by atoms with Gasteiger partial charge >= 0.3 is 6.03 Å². The third kappa shape index (κ3) is 3.24. The van der Waals surface area contributed by atoms with Crippen LogP contribution in [0.5, 0.6) is 0 Å². The summed E-state index contributed by atoms with van der Waals surface area (Å²) < 4.78 is 13.2. The largest absolute Gasteiger partial charge is 0.324 e. The molecule has 1 aromatic carbocycles. The Morgan fingerprint density at radius 1 is 1.19 bits per heavy atom. The number of halogens is 1. The van der Waals surface area contributed by atoms with E-state index in [2.05, 4.69) is 15.6 Å². The molecule has 2 atom stereocenters. The minimum atomic E-state index is -0.393. The Morgan fingerprint density at radius 2 is 2.04 bits per heavy atom. The fraction of sp³-hybridized carbons (Fsp3) is 0.316. The topological polar surface area (TPSA) is 74.3 Å². The van der Waals surface area contributed by atoms with Gasteiger partial charge in [0.2, 0.25) is 5.91 Å². The number of likely N-dealkylation sites (tertiary alicyclic amines) is 1. The molecule has 2 aromatic rings. The van der Waals surface area contributed by atoms with Crippen molar-refractivity contribution in [3.63, 3.8) is 0 Å². The van der Waals surface area contributed by atoms with E-state index in [-0.39, 0.29) is 23.3 Å². The van der Waals surface area contributed by atoms with Crippen LogP contribution in [0.4, 0.5) is 20.6 Å². The number of carbonyl (C=O) groups excluding carboxylic acids is 2. The van der Waals surface area contributed by atoms with Crippen LogP contribution in [-0.2, 0) is 4.79 Å². The van der Waals surface area contributed by atoms with Gasteiger partial charge in [-0.3, -0.25) is 9.78 Å². The highest BCUT2D eigenvalue weighted by Crippen LogP contribution is 2.58. The van der Waals surface area contributed by atoms with Gasteiger partial charge in [-0.25, -0.2) is 9.18 Å². The van der Waals surface area contributed by atoms with Crippen LogP contribution in [0.15, 0.2) is 48.8 Å². The Kier molecular flexibility index (Phi) is 4.06. The van der Waals surface area contributed by atoms with E-state index in [0.717, 1.165) is 12.8 Å². The van der Waals surface area contributed by atoms with Gasteiger partial charge in [-0.1, -0.05) is 6.07 Å². The molecule has 0 radical (unpaired) electrons. The standard InChI is InChI=1S/C19H19FN4O2/c20-13-3-1-4-14(9-13)23-18(26)24-8-6-19(12-24)10-16(19)17(25)22-15-5-2-7-21-11-15/h1-5,7,9,11,16H,6,8,10,12H2,(H,22,25)(H,23,26)/t16-,19-/m0/s1. The number of hydrogen-bond donors (Lipinski definition) is 2. The predicted octanol–water partition coefficient (Wildman–Crippen LogP) is 3.10. The number of carbonyl (C=O) groups is 2. The van der Waals surface area contributed by atoms with Crippen LogP contribution in [0.25, 0.3) is 0 Å². The lowest BCUT2D eigenvalue weighted by Crippen LogP contribution is -2.33. The van der Waals surface area contributed by atoms with Crippen LogP contribution < -0.4 is 10.6 Å². The Balaban J connectivity index is 1.34. The highest BCUT2D eigenvalue weighted by Gasteiger charge is 2.61. The number of nitrogens with zero attached hydrogens (tertiary/aromatic N) is 2. The molecule has 7 heteroatoms. The van der Waals surface area contributed by atoms with Crippen molar-refractivity contribution in [3.05, 3.63) is 54.6 Å². The van der Waals surface area contributed by atoms with Gasteiger partial charge in [-0.05, 0) is 43.2 Å². The summed E-state index contributed by atoms with van der Waals surface area (Å²) in [7, 11) is 0. The average Bonchev–Trinajstić information content (AvgIpc) is 3.16. The van der Waals surface area contributed by atoms with Crippen LogP contribution in [0.3, 0.4) is 0 Å². The van der Waals surface area contributed by atoms with Crippen molar-refractivity contribution in [1.29, 1.82) is 0 Å². The van der Waals surface area contributed by atoms with E-state index in [9.17, 15) is 14.0 Å².